The minimum absolute atomic E-state index is 0.0530. The van der Waals surface area contributed by atoms with Gasteiger partial charge < -0.3 is 4.57 Å². The molecule has 126 valence electrons. The van der Waals surface area contributed by atoms with E-state index < -0.39 is 0 Å². The van der Waals surface area contributed by atoms with Gasteiger partial charge in [-0.1, -0.05) is 63.2 Å². The summed E-state index contributed by atoms with van der Waals surface area (Å²) >= 11 is 0. The van der Waals surface area contributed by atoms with Crippen LogP contribution in [0.15, 0.2) is 60.8 Å². The molecule has 25 heavy (non-hydrogen) atoms. The van der Waals surface area contributed by atoms with Crippen LogP contribution in [-0.2, 0) is 7.05 Å². The second kappa shape index (κ2) is 5.45. The SMILES string of the molecule is Cn1cc(-c2ccccc2)c2ccc3c(c21)[C@@H](C(C)(C)C)C=CC3=O. The van der Waals surface area contributed by atoms with Crippen LogP contribution >= 0.6 is 0 Å². The minimum Gasteiger partial charge on any atom is -0.350 e. The van der Waals surface area contributed by atoms with Crippen LogP contribution in [0.1, 0.15) is 42.6 Å². The number of ketones is 1. The van der Waals surface area contributed by atoms with E-state index in [0.717, 1.165) is 5.56 Å². The van der Waals surface area contributed by atoms with Crippen LogP contribution in [0.25, 0.3) is 22.0 Å². The average molecular weight is 329 g/mol. The number of allylic oxidation sites excluding steroid dienone is 2. The fourth-order valence-corrected chi connectivity index (χ4v) is 4.00. The molecule has 1 aliphatic carbocycles. The highest BCUT2D eigenvalue weighted by atomic mass is 16.1. The second-order valence-electron chi connectivity index (χ2n) is 8.01. The van der Waals surface area contributed by atoms with E-state index in [1.54, 1.807) is 6.08 Å². The Hall–Kier alpha value is -2.61. The standard InChI is InChI=1S/C23H23NO/c1-23(2,3)19-12-13-20(25)17-11-10-16-18(15-8-6-5-7-9-15)14-24(4)22(16)21(17)19/h5-14,19H,1-4H3/t19-/m0/s1. The number of nitrogens with zero attached hydrogens (tertiary/aromatic N) is 1. The van der Waals surface area contributed by atoms with Crippen molar-refractivity contribution >= 4 is 16.7 Å². The Morgan fingerprint density at radius 1 is 0.960 bits per heavy atom. The number of rotatable bonds is 1. The maximum Gasteiger partial charge on any atom is 0.185 e. The summed E-state index contributed by atoms with van der Waals surface area (Å²) in [4.78, 5) is 12.5. The van der Waals surface area contributed by atoms with E-state index in [1.807, 2.05) is 12.1 Å². The van der Waals surface area contributed by atoms with Gasteiger partial charge in [0.2, 0.25) is 0 Å². The Balaban J connectivity index is 2.06. The molecule has 0 saturated heterocycles. The molecule has 0 radical (unpaired) electrons. The molecule has 2 aromatic carbocycles. The second-order valence-corrected chi connectivity index (χ2v) is 8.01. The van der Waals surface area contributed by atoms with E-state index >= 15 is 0 Å². The largest absolute Gasteiger partial charge is 0.350 e. The lowest BCUT2D eigenvalue weighted by molar-refractivity contribution is 0.104. The Bertz CT molecular complexity index is 1000. The molecule has 0 amide bonds. The summed E-state index contributed by atoms with van der Waals surface area (Å²) < 4.78 is 2.18. The van der Waals surface area contributed by atoms with E-state index in [4.69, 9.17) is 0 Å². The molecule has 1 aromatic heterocycles. The normalized spacial score (nSPS) is 17.1. The van der Waals surface area contributed by atoms with Crippen LogP contribution in [0.5, 0.6) is 0 Å². The highest BCUT2D eigenvalue weighted by molar-refractivity contribution is 6.11. The third-order valence-electron chi connectivity index (χ3n) is 5.22. The van der Waals surface area contributed by atoms with Crippen LogP contribution in [0.2, 0.25) is 0 Å². The molecule has 0 N–H and O–H groups in total. The predicted molar refractivity (Wildman–Crippen MR) is 104 cm³/mol. The Labute approximate surface area is 148 Å². The van der Waals surface area contributed by atoms with Crippen molar-refractivity contribution in [3.63, 3.8) is 0 Å². The fourth-order valence-electron chi connectivity index (χ4n) is 4.00. The van der Waals surface area contributed by atoms with E-state index in [2.05, 4.69) is 75.0 Å². The summed E-state index contributed by atoms with van der Waals surface area (Å²) in [6.07, 6.45) is 6.01. The van der Waals surface area contributed by atoms with Gasteiger partial charge >= 0.3 is 0 Å². The number of benzene rings is 2. The van der Waals surface area contributed by atoms with Crippen molar-refractivity contribution in [3.05, 3.63) is 71.9 Å². The zero-order valence-electron chi connectivity index (χ0n) is 15.2. The molecule has 0 fully saturated rings. The van der Waals surface area contributed by atoms with Gasteiger partial charge in [0.1, 0.15) is 0 Å². The van der Waals surface area contributed by atoms with Gasteiger partial charge in [-0.15, -0.1) is 0 Å². The van der Waals surface area contributed by atoms with Gasteiger partial charge in [-0.2, -0.15) is 0 Å². The molecule has 4 rings (SSSR count). The highest BCUT2D eigenvalue weighted by Gasteiger charge is 2.33. The number of carbonyl (C=O) groups excluding carboxylic acids is 1. The maximum atomic E-state index is 12.5. The van der Waals surface area contributed by atoms with E-state index in [1.165, 1.54) is 27.6 Å². The predicted octanol–water partition coefficient (Wildman–Crippen LogP) is 5.73. The zero-order valence-corrected chi connectivity index (χ0v) is 15.2. The van der Waals surface area contributed by atoms with Gasteiger partial charge in [0.25, 0.3) is 0 Å². The summed E-state index contributed by atoms with van der Waals surface area (Å²) in [7, 11) is 2.08. The smallest absolute Gasteiger partial charge is 0.185 e. The van der Waals surface area contributed by atoms with Crippen LogP contribution in [0.3, 0.4) is 0 Å². The molecule has 0 saturated carbocycles. The van der Waals surface area contributed by atoms with Gasteiger partial charge in [-0.3, -0.25) is 4.79 Å². The monoisotopic (exact) mass is 329 g/mol. The van der Waals surface area contributed by atoms with Gasteiger partial charge in [-0.05, 0) is 28.7 Å². The van der Waals surface area contributed by atoms with Crippen LogP contribution in [0.4, 0.5) is 0 Å². The van der Waals surface area contributed by atoms with Crippen molar-refractivity contribution in [1.29, 1.82) is 0 Å². The first-order valence-electron chi connectivity index (χ1n) is 8.78. The number of hydrogen-bond acceptors (Lipinski definition) is 1. The molecule has 3 aromatic rings. The lowest BCUT2D eigenvalue weighted by Crippen LogP contribution is -2.23. The first-order chi connectivity index (χ1) is 11.9. The zero-order chi connectivity index (χ0) is 17.8. The Morgan fingerprint density at radius 3 is 2.36 bits per heavy atom. The summed E-state index contributed by atoms with van der Waals surface area (Å²) in [5, 5.41) is 1.21. The molecule has 0 spiro atoms. The molecule has 0 unspecified atom stereocenters. The molecular formula is C23H23NO. The molecule has 2 nitrogen and oxygen atoms in total. The molecule has 0 bridgehead atoms. The van der Waals surface area contributed by atoms with Crippen molar-refractivity contribution in [2.24, 2.45) is 12.5 Å². The highest BCUT2D eigenvalue weighted by Crippen LogP contribution is 2.45. The molecule has 1 aliphatic rings. The van der Waals surface area contributed by atoms with Gasteiger partial charge in [0, 0.05) is 35.7 Å². The van der Waals surface area contributed by atoms with E-state index in [0.29, 0.717) is 0 Å². The molecule has 2 heteroatoms. The molecular weight excluding hydrogens is 306 g/mol. The lowest BCUT2D eigenvalue weighted by atomic mass is 9.71. The maximum absolute atomic E-state index is 12.5. The fraction of sp³-hybridized carbons (Fsp3) is 0.261. The van der Waals surface area contributed by atoms with Crippen molar-refractivity contribution in [2.75, 3.05) is 0 Å². The van der Waals surface area contributed by atoms with Gasteiger partial charge in [0.15, 0.2) is 5.78 Å². The van der Waals surface area contributed by atoms with Crippen molar-refractivity contribution < 1.29 is 4.79 Å². The van der Waals surface area contributed by atoms with Crippen molar-refractivity contribution in [2.45, 2.75) is 26.7 Å². The van der Waals surface area contributed by atoms with E-state index in [-0.39, 0.29) is 17.1 Å². The molecule has 1 atom stereocenters. The van der Waals surface area contributed by atoms with Gasteiger partial charge in [-0.25, -0.2) is 0 Å². The third-order valence-corrected chi connectivity index (χ3v) is 5.22. The summed E-state index contributed by atoms with van der Waals surface area (Å²) in [5.41, 5.74) is 5.66. The first kappa shape index (κ1) is 15.9. The molecule has 0 aliphatic heterocycles. The van der Waals surface area contributed by atoms with Crippen LogP contribution < -0.4 is 0 Å². The number of carbonyl (C=O) groups is 1. The molecule has 1 heterocycles. The van der Waals surface area contributed by atoms with Crippen molar-refractivity contribution in [1.82, 2.24) is 4.57 Å². The van der Waals surface area contributed by atoms with Crippen LogP contribution in [-0.4, -0.2) is 10.4 Å². The van der Waals surface area contributed by atoms with Crippen molar-refractivity contribution in [3.8, 4) is 11.1 Å². The summed E-state index contributed by atoms with van der Waals surface area (Å²) in [5.74, 6) is 0.334. The topological polar surface area (TPSA) is 22.0 Å². The Kier molecular flexibility index (Phi) is 3.47. The third kappa shape index (κ3) is 2.44. The number of aryl methyl sites for hydroxylation is 1. The lowest BCUT2D eigenvalue weighted by Gasteiger charge is -2.32. The summed E-state index contributed by atoms with van der Waals surface area (Å²) in [6.45, 7) is 6.71. The number of aromatic nitrogens is 1. The quantitative estimate of drug-likeness (QED) is 0.559. The number of fused-ring (bicyclic) bond motifs is 3. The number of hydrogen-bond donors (Lipinski definition) is 0. The van der Waals surface area contributed by atoms with Gasteiger partial charge in [0.05, 0.1) is 5.52 Å². The Morgan fingerprint density at radius 2 is 1.68 bits per heavy atom. The summed E-state index contributed by atoms with van der Waals surface area (Å²) in [6, 6.07) is 14.6. The first-order valence-corrected chi connectivity index (χ1v) is 8.78. The average Bonchev–Trinajstić information content (AvgIpc) is 2.92. The van der Waals surface area contributed by atoms with Crippen LogP contribution in [0, 0.1) is 5.41 Å². The minimum atomic E-state index is 0.0530. The van der Waals surface area contributed by atoms with E-state index in [9.17, 15) is 4.79 Å².